The van der Waals surface area contributed by atoms with E-state index in [1.165, 1.54) is 23.9 Å². The van der Waals surface area contributed by atoms with Gasteiger partial charge in [0.25, 0.3) is 5.91 Å². The number of nitrogens with one attached hydrogen (secondary N) is 1. The van der Waals surface area contributed by atoms with Crippen LogP contribution < -0.4 is 5.32 Å². The zero-order valence-corrected chi connectivity index (χ0v) is 14.5. The Morgan fingerprint density at radius 1 is 1.19 bits per heavy atom. The molecule has 2 aromatic rings. The SMILES string of the molecule is O=C(O)c1ccnc(C(=O)NC2CC(=O)N(C3CC3c3ccccc3)C2)c1. The highest BCUT2D eigenvalue weighted by Crippen LogP contribution is 2.45. The van der Waals surface area contributed by atoms with Crippen molar-refractivity contribution >= 4 is 17.8 Å². The van der Waals surface area contributed by atoms with Crippen LogP contribution in [0.25, 0.3) is 0 Å². The first-order valence-electron chi connectivity index (χ1n) is 8.87. The van der Waals surface area contributed by atoms with Crippen LogP contribution in [0, 0.1) is 0 Å². The topological polar surface area (TPSA) is 99.6 Å². The number of carbonyl (C=O) groups is 3. The minimum absolute atomic E-state index is 0.00274. The summed E-state index contributed by atoms with van der Waals surface area (Å²) in [5.41, 5.74) is 1.27. The maximum atomic E-state index is 12.4. The third-order valence-electron chi connectivity index (χ3n) is 5.12. The summed E-state index contributed by atoms with van der Waals surface area (Å²) in [5, 5.41) is 11.8. The van der Waals surface area contributed by atoms with Gasteiger partial charge in [0.2, 0.25) is 5.91 Å². The Kier molecular flexibility index (Phi) is 4.35. The van der Waals surface area contributed by atoms with Crippen molar-refractivity contribution in [3.63, 3.8) is 0 Å². The number of pyridine rings is 1. The predicted octanol–water partition coefficient (Wildman–Crippen LogP) is 1.67. The molecule has 1 aromatic carbocycles. The highest BCUT2D eigenvalue weighted by molar-refractivity contribution is 5.96. The fourth-order valence-electron chi connectivity index (χ4n) is 3.68. The minimum atomic E-state index is -1.12. The molecule has 27 heavy (non-hydrogen) atoms. The van der Waals surface area contributed by atoms with Crippen molar-refractivity contribution in [2.24, 2.45) is 0 Å². The highest BCUT2D eigenvalue weighted by Gasteiger charge is 2.48. The summed E-state index contributed by atoms with van der Waals surface area (Å²) in [6, 6.07) is 12.6. The number of aromatic nitrogens is 1. The number of carboxylic acids is 1. The molecule has 1 saturated carbocycles. The Morgan fingerprint density at radius 2 is 1.96 bits per heavy atom. The van der Waals surface area contributed by atoms with Gasteiger partial charge in [0.05, 0.1) is 11.6 Å². The number of aromatic carboxylic acids is 1. The normalized spacial score (nSPS) is 23.9. The molecule has 2 N–H and O–H groups in total. The molecule has 3 atom stereocenters. The predicted molar refractivity (Wildman–Crippen MR) is 96.4 cm³/mol. The molecule has 1 aromatic heterocycles. The van der Waals surface area contributed by atoms with E-state index < -0.39 is 11.9 Å². The van der Waals surface area contributed by atoms with Crippen LogP contribution in [-0.2, 0) is 4.79 Å². The smallest absolute Gasteiger partial charge is 0.335 e. The number of hydrogen-bond donors (Lipinski definition) is 2. The number of carbonyl (C=O) groups excluding carboxylic acids is 2. The molecule has 0 radical (unpaired) electrons. The van der Waals surface area contributed by atoms with Gasteiger partial charge in [0.1, 0.15) is 5.69 Å². The largest absolute Gasteiger partial charge is 0.478 e. The summed E-state index contributed by atoms with van der Waals surface area (Å²) in [6.07, 6.45) is 2.49. The quantitative estimate of drug-likeness (QED) is 0.840. The van der Waals surface area contributed by atoms with Gasteiger partial charge in [-0.05, 0) is 24.1 Å². The summed E-state index contributed by atoms with van der Waals surface area (Å²) in [7, 11) is 0. The van der Waals surface area contributed by atoms with E-state index >= 15 is 0 Å². The Morgan fingerprint density at radius 3 is 2.70 bits per heavy atom. The second-order valence-corrected chi connectivity index (χ2v) is 6.98. The summed E-state index contributed by atoms with van der Waals surface area (Å²) in [6.45, 7) is 0.469. The summed E-state index contributed by atoms with van der Waals surface area (Å²) >= 11 is 0. The molecule has 2 amide bonds. The lowest BCUT2D eigenvalue weighted by atomic mass is 10.1. The molecule has 7 nitrogen and oxygen atoms in total. The Labute approximate surface area is 156 Å². The average molecular weight is 365 g/mol. The molecule has 2 heterocycles. The van der Waals surface area contributed by atoms with Gasteiger partial charge in [-0.25, -0.2) is 4.79 Å². The first kappa shape index (κ1) is 17.2. The molecule has 0 spiro atoms. The first-order valence-corrected chi connectivity index (χ1v) is 8.87. The van der Waals surface area contributed by atoms with Gasteiger partial charge in [0.15, 0.2) is 0 Å². The molecule has 7 heteroatoms. The monoisotopic (exact) mass is 365 g/mol. The second-order valence-electron chi connectivity index (χ2n) is 6.98. The van der Waals surface area contributed by atoms with Crippen molar-refractivity contribution in [1.29, 1.82) is 0 Å². The van der Waals surface area contributed by atoms with Gasteiger partial charge in [-0.3, -0.25) is 14.6 Å². The van der Waals surface area contributed by atoms with E-state index in [1.807, 2.05) is 23.1 Å². The molecule has 1 saturated heterocycles. The van der Waals surface area contributed by atoms with Crippen molar-refractivity contribution < 1.29 is 19.5 Å². The number of benzene rings is 1. The number of carboxylic acid groups (broad SMARTS) is 1. The number of rotatable bonds is 5. The molecule has 138 valence electrons. The Balaban J connectivity index is 1.38. The van der Waals surface area contributed by atoms with Gasteiger partial charge >= 0.3 is 5.97 Å². The van der Waals surface area contributed by atoms with E-state index in [-0.39, 0.29) is 35.7 Å². The Hall–Kier alpha value is -3.22. The van der Waals surface area contributed by atoms with Crippen molar-refractivity contribution in [2.75, 3.05) is 6.54 Å². The Bertz CT molecular complexity index is 899. The van der Waals surface area contributed by atoms with Crippen molar-refractivity contribution in [3.05, 3.63) is 65.5 Å². The van der Waals surface area contributed by atoms with Gasteiger partial charge in [-0.15, -0.1) is 0 Å². The number of nitrogens with zero attached hydrogens (tertiary/aromatic N) is 2. The molecular formula is C20H19N3O4. The lowest BCUT2D eigenvalue weighted by Gasteiger charge is -2.17. The maximum absolute atomic E-state index is 12.4. The summed E-state index contributed by atoms with van der Waals surface area (Å²) in [4.78, 5) is 41.6. The van der Waals surface area contributed by atoms with E-state index in [9.17, 15) is 14.4 Å². The van der Waals surface area contributed by atoms with Crippen LogP contribution in [0.5, 0.6) is 0 Å². The molecule has 1 aliphatic carbocycles. The molecule has 4 rings (SSSR count). The van der Waals surface area contributed by atoms with Crippen LogP contribution in [0.2, 0.25) is 0 Å². The van der Waals surface area contributed by atoms with Crippen LogP contribution in [0.1, 0.15) is 45.2 Å². The van der Waals surface area contributed by atoms with E-state index in [0.29, 0.717) is 12.5 Å². The lowest BCUT2D eigenvalue weighted by Crippen LogP contribution is -2.38. The van der Waals surface area contributed by atoms with E-state index in [1.54, 1.807) is 0 Å². The van der Waals surface area contributed by atoms with E-state index in [0.717, 1.165) is 6.42 Å². The van der Waals surface area contributed by atoms with Crippen LogP contribution >= 0.6 is 0 Å². The number of hydrogen-bond acceptors (Lipinski definition) is 4. The third kappa shape index (κ3) is 3.53. The fourth-order valence-corrected chi connectivity index (χ4v) is 3.68. The lowest BCUT2D eigenvalue weighted by molar-refractivity contribution is -0.128. The summed E-state index contributed by atoms with van der Waals surface area (Å²) < 4.78 is 0. The number of likely N-dealkylation sites (tertiary alicyclic amines) is 1. The molecule has 1 aliphatic heterocycles. The first-order chi connectivity index (χ1) is 13.0. The van der Waals surface area contributed by atoms with E-state index in [4.69, 9.17) is 5.11 Å². The highest BCUT2D eigenvalue weighted by atomic mass is 16.4. The van der Waals surface area contributed by atoms with Gasteiger partial charge in [0, 0.05) is 31.1 Å². The van der Waals surface area contributed by atoms with Crippen LogP contribution in [0.15, 0.2) is 48.7 Å². The van der Waals surface area contributed by atoms with Gasteiger partial charge in [-0.2, -0.15) is 0 Å². The van der Waals surface area contributed by atoms with Crippen molar-refractivity contribution in [1.82, 2.24) is 15.2 Å². The van der Waals surface area contributed by atoms with Crippen LogP contribution in [-0.4, -0.2) is 51.4 Å². The zero-order valence-electron chi connectivity index (χ0n) is 14.5. The van der Waals surface area contributed by atoms with Crippen molar-refractivity contribution in [3.8, 4) is 0 Å². The second kappa shape index (κ2) is 6.83. The third-order valence-corrected chi connectivity index (χ3v) is 5.12. The number of amides is 2. The minimum Gasteiger partial charge on any atom is -0.478 e. The zero-order chi connectivity index (χ0) is 19.0. The molecule has 0 bridgehead atoms. The molecule has 3 unspecified atom stereocenters. The van der Waals surface area contributed by atoms with Crippen LogP contribution in [0.3, 0.4) is 0 Å². The average Bonchev–Trinajstić information content (AvgIpc) is 3.39. The molecule has 2 aliphatic rings. The maximum Gasteiger partial charge on any atom is 0.335 e. The van der Waals surface area contributed by atoms with Gasteiger partial charge in [-0.1, -0.05) is 30.3 Å². The summed E-state index contributed by atoms with van der Waals surface area (Å²) in [5.74, 6) is -1.18. The van der Waals surface area contributed by atoms with Gasteiger partial charge < -0.3 is 15.3 Å². The fraction of sp³-hybridized carbons (Fsp3) is 0.300. The van der Waals surface area contributed by atoms with Crippen LogP contribution in [0.4, 0.5) is 0 Å². The van der Waals surface area contributed by atoms with E-state index in [2.05, 4.69) is 22.4 Å². The van der Waals surface area contributed by atoms with Crippen molar-refractivity contribution in [2.45, 2.75) is 30.8 Å². The standard InChI is InChI=1S/C20H19N3O4/c24-18-9-14(22-19(25)16-8-13(20(26)27)6-7-21-16)11-23(18)17-10-15(17)12-4-2-1-3-5-12/h1-8,14-15,17H,9-11H2,(H,22,25)(H,26,27). The molecular weight excluding hydrogens is 346 g/mol. The molecule has 2 fully saturated rings.